The molecule has 1 atom stereocenters. The second kappa shape index (κ2) is 8.59. The molecule has 1 aliphatic rings. The molecule has 0 radical (unpaired) electrons. The molecule has 1 amide bonds. The van der Waals surface area contributed by atoms with Gasteiger partial charge in [-0.15, -0.1) is 11.3 Å². The molecule has 2 aromatic rings. The largest absolute Gasteiger partial charge is 0.462 e. The van der Waals surface area contributed by atoms with Gasteiger partial charge in [-0.3, -0.25) is 14.8 Å². The van der Waals surface area contributed by atoms with Gasteiger partial charge in [-0.05, 0) is 49.9 Å². The van der Waals surface area contributed by atoms with Crippen LogP contribution in [0.15, 0.2) is 6.20 Å². The SMILES string of the molecule is CCOC(=O)c1c(NC(=S)NC(=O)c2nn(C)cc2Cl)sc2c1CC[C@@H](C)C2. The van der Waals surface area contributed by atoms with E-state index >= 15 is 0 Å². The zero-order chi connectivity index (χ0) is 20.4. The van der Waals surface area contributed by atoms with Crippen LogP contribution in [0, 0.1) is 5.92 Å². The number of fused-ring (bicyclic) bond motifs is 1. The summed E-state index contributed by atoms with van der Waals surface area (Å²) < 4.78 is 6.68. The minimum atomic E-state index is -0.518. The van der Waals surface area contributed by atoms with Gasteiger partial charge in [0.15, 0.2) is 10.8 Å². The van der Waals surface area contributed by atoms with Gasteiger partial charge < -0.3 is 10.1 Å². The second-order valence-electron chi connectivity index (χ2n) is 6.68. The van der Waals surface area contributed by atoms with Gasteiger partial charge in [-0.1, -0.05) is 18.5 Å². The first-order valence-corrected chi connectivity index (χ1v) is 10.5. The molecule has 3 rings (SSSR count). The smallest absolute Gasteiger partial charge is 0.341 e. The van der Waals surface area contributed by atoms with Crippen LogP contribution in [-0.2, 0) is 24.6 Å². The summed E-state index contributed by atoms with van der Waals surface area (Å²) in [6, 6.07) is 0. The Morgan fingerprint density at radius 1 is 1.50 bits per heavy atom. The molecule has 0 unspecified atom stereocenters. The number of aromatic nitrogens is 2. The number of anilines is 1. The molecule has 10 heteroatoms. The highest BCUT2D eigenvalue weighted by Gasteiger charge is 2.29. The van der Waals surface area contributed by atoms with Gasteiger partial charge in [0.1, 0.15) is 5.00 Å². The van der Waals surface area contributed by atoms with Crippen molar-refractivity contribution in [3.05, 3.63) is 32.9 Å². The fraction of sp³-hybridized carbons (Fsp3) is 0.444. The number of halogens is 1. The van der Waals surface area contributed by atoms with E-state index in [4.69, 9.17) is 28.6 Å². The van der Waals surface area contributed by atoms with E-state index in [-0.39, 0.29) is 21.8 Å². The first-order valence-electron chi connectivity index (χ1n) is 8.93. The number of esters is 1. The number of carbonyl (C=O) groups excluding carboxylic acids is 2. The number of ether oxygens (including phenoxy) is 1. The van der Waals surface area contributed by atoms with Crippen molar-refractivity contribution in [3.63, 3.8) is 0 Å². The van der Waals surface area contributed by atoms with Gasteiger partial charge in [0.2, 0.25) is 0 Å². The average molecular weight is 441 g/mol. The van der Waals surface area contributed by atoms with E-state index < -0.39 is 5.91 Å². The Morgan fingerprint density at radius 2 is 2.25 bits per heavy atom. The molecular formula is C18H21ClN4O3S2. The van der Waals surface area contributed by atoms with Crippen LogP contribution in [0.1, 0.15) is 51.6 Å². The summed E-state index contributed by atoms with van der Waals surface area (Å²) in [5, 5.41) is 10.5. The minimum absolute atomic E-state index is 0.0731. The van der Waals surface area contributed by atoms with Gasteiger partial charge >= 0.3 is 5.97 Å². The van der Waals surface area contributed by atoms with Gasteiger partial charge in [0.05, 0.1) is 17.2 Å². The molecule has 0 saturated carbocycles. The number of amides is 1. The lowest BCUT2D eigenvalue weighted by atomic mass is 9.88. The van der Waals surface area contributed by atoms with Crippen LogP contribution in [0.4, 0.5) is 5.00 Å². The van der Waals surface area contributed by atoms with Crippen LogP contribution in [-0.4, -0.2) is 33.4 Å². The first kappa shape index (κ1) is 20.8. The van der Waals surface area contributed by atoms with Crippen LogP contribution in [0.25, 0.3) is 0 Å². The third kappa shape index (κ3) is 4.37. The number of hydrogen-bond acceptors (Lipinski definition) is 6. The number of aryl methyl sites for hydroxylation is 1. The number of rotatable bonds is 4. The molecule has 28 heavy (non-hydrogen) atoms. The standard InChI is InChI=1S/C18H21ClN4O3S2/c1-4-26-17(25)13-10-6-5-9(2)7-12(10)28-16(13)21-18(27)20-15(24)14-11(19)8-23(3)22-14/h8-9H,4-7H2,1-3H3,(H2,20,21,24,27)/t9-/m1/s1. The number of nitrogens with one attached hydrogen (secondary N) is 2. The molecule has 2 heterocycles. The van der Waals surface area contributed by atoms with E-state index in [9.17, 15) is 9.59 Å². The molecule has 2 N–H and O–H groups in total. The second-order valence-corrected chi connectivity index (χ2v) is 8.60. The highest BCUT2D eigenvalue weighted by molar-refractivity contribution is 7.80. The van der Waals surface area contributed by atoms with E-state index in [1.807, 2.05) is 0 Å². The number of thiocarbonyl (C=S) groups is 1. The third-order valence-corrected chi connectivity index (χ3v) is 6.10. The van der Waals surface area contributed by atoms with Crippen molar-refractivity contribution < 1.29 is 14.3 Å². The molecule has 0 aromatic carbocycles. The highest BCUT2D eigenvalue weighted by atomic mass is 35.5. The van der Waals surface area contributed by atoms with Crippen molar-refractivity contribution in [2.75, 3.05) is 11.9 Å². The van der Waals surface area contributed by atoms with E-state index in [0.29, 0.717) is 23.1 Å². The van der Waals surface area contributed by atoms with Crippen molar-refractivity contribution in [1.29, 1.82) is 0 Å². The predicted octanol–water partition coefficient (Wildman–Crippen LogP) is 3.56. The van der Waals surface area contributed by atoms with Gasteiger partial charge in [0, 0.05) is 18.1 Å². The Balaban J connectivity index is 1.81. The van der Waals surface area contributed by atoms with Gasteiger partial charge in [0.25, 0.3) is 5.91 Å². The molecule has 0 aliphatic heterocycles. The summed E-state index contributed by atoms with van der Waals surface area (Å²) in [4.78, 5) is 26.0. The maximum absolute atomic E-state index is 12.5. The van der Waals surface area contributed by atoms with Gasteiger partial charge in [-0.2, -0.15) is 5.10 Å². The maximum atomic E-state index is 12.5. The quantitative estimate of drug-likeness (QED) is 0.558. The van der Waals surface area contributed by atoms with Crippen LogP contribution < -0.4 is 10.6 Å². The van der Waals surface area contributed by atoms with Crippen molar-refractivity contribution in [2.24, 2.45) is 13.0 Å². The number of hydrogen-bond donors (Lipinski definition) is 2. The lowest BCUT2D eigenvalue weighted by Crippen LogP contribution is -2.34. The van der Waals surface area contributed by atoms with Crippen molar-refractivity contribution in [3.8, 4) is 0 Å². The molecule has 0 bridgehead atoms. The molecule has 7 nitrogen and oxygen atoms in total. The van der Waals surface area contributed by atoms with E-state index in [2.05, 4.69) is 22.7 Å². The topological polar surface area (TPSA) is 85.2 Å². The summed E-state index contributed by atoms with van der Waals surface area (Å²) in [5.74, 6) is -0.332. The fourth-order valence-electron chi connectivity index (χ4n) is 3.17. The summed E-state index contributed by atoms with van der Waals surface area (Å²) >= 11 is 12.8. The summed E-state index contributed by atoms with van der Waals surface area (Å²) in [6.45, 7) is 4.26. The summed E-state index contributed by atoms with van der Waals surface area (Å²) in [7, 11) is 1.67. The van der Waals surface area contributed by atoms with Crippen molar-refractivity contribution in [2.45, 2.75) is 33.1 Å². The zero-order valence-corrected chi connectivity index (χ0v) is 18.2. The maximum Gasteiger partial charge on any atom is 0.341 e. The molecule has 150 valence electrons. The molecule has 0 fully saturated rings. The molecular weight excluding hydrogens is 420 g/mol. The normalized spacial score (nSPS) is 15.6. The monoisotopic (exact) mass is 440 g/mol. The van der Waals surface area contributed by atoms with E-state index in [1.165, 1.54) is 22.2 Å². The van der Waals surface area contributed by atoms with Crippen molar-refractivity contribution in [1.82, 2.24) is 15.1 Å². The minimum Gasteiger partial charge on any atom is -0.462 e. The third-order valence-electron chi connectivity index (χ3n) is 4.44. The summed E-state index contributed by atoms with van der Waals surface area (Å²) in [5.41, 5.74) is 1.62. The molecule has 1 aliphatic carbocycles. The Labute approximate surface area is 177 Å². The predicted molar refractivity (Wildman–Crippen MR) is 113 cm³/mol. The van der Waals surface area contributed by atoms with Crippen LogP contribution in [0.2, 0.25) is 5.02 Å². The van der Waals surface area contributed by atoms with Crippen LogP contribution in [0.3, 0.4) is 0 Å². The van der Waals surface area contributed by atoms with Crippen molar-refractivity contribution >= 4 is 57.1 Å². The number of nitrogens with zero attached hydrogens (tertiary/aromatic N) is 2. The first-order chi connectivity index (χ1) is 13.3. The number of thiophene rings is 1. The Hall–Kier alpha value is -1.97. The molecule has 0 saturated heterocycles. The molecule has 0 spiro atoms. The van der Waals surface area contributed by atoms with E-state index in [1.54, 1.807) is 14.0 Å². The Kier molecular flexibility index (Phi) is 6.36. The van der Waals surface area contributed by atoms with E-state index in [0.717, 1.165) is 29.7 Å². The lowest BCUT2D eigenvalue weighted by molar-refractivity contribution is 0.0526. The Morgan fingerprint density at radius 3 is 2.89 bits per heavy atom. The molecule has 2 aromatic heterocycles. The Bertz CT molecular complexity index is 938. The summed E-state index contributed by atoms with van der Waals surface area (Å²) in [6.07, 6.45) is 4.29. The zero-order valence-electron chi connectivity index (χ0n) is 15.8. The van der Waals surface area contributed by atoms with Crippen LogP contribution in [0.5, 0.6) is 0 Å². The highest BCUT2D eigenvalue weighted by Crippen LogP contribution is 2.40. The van der Waals surface area contributed by atoms with Crippen LogP contribution >= 0.6 is 35.2 Å². The van der Waals surface area contributed by atoms with Gasteiger partial charge in [-0.25, -0.2) is 4.79 Å². The fourth-order valence-corrected chi connectivity index (χ4v) is 5.10. The average Bonchev–Trinajstić information content (AvgIpc) is 3.13. The lowest BCUT2D eigenvalue weighted by Gasteiger charge is -2.18. The number of carbonyl (C=O) groups is 2.